The summed E-state index contributed by atoms with van der Waals surface area (Å²) in [5, 5.41) is 0. The second-order valence-electron chi connectivity index (χ2n) is 6.35. The molecule has 0 amide bonds. The van der Waals surface area contributed by atoms with Gasteiger partial charge in [-0.1, -0.05) is 62.8 Å². The predicted octanol–water partition coefficient (Wildman–Crippen LogP) is 5.32. The Kier molecular flexibility index (Phi) is 3.71. The summed E-state index contributed by atoms with van der Waals surface area (Å²) in [6.07, 6.45) is 7.71. The maximum atomic E-state index is 2.48. The molecule has 0 aliphatic heterocycles. The van der Waals surface area contributed by atoms with E-state index >= 15 is 0 Å². The molecular weight excluding hydrogens is 204 g/mol. The van der Waals surface area contributed by atoms with E-state index in [1.807, 2.05) is 0 Å². The number of hydrogen-bond acceptors (Lipinski definition) is 0. The molecule has 0 saturated heterocycles. The Morgan fingerprint density at radius 1 is 1.00 bits per heavy atom. The Bertz CT molecular complexity index is 368. The van der Waals surface area contributed by atoms with Gasteiger partial charge in [0.05, 0.1) is 0 Å². The summed E-state index contributed by atoms with van der Waals surface area (Å²) in [6, 6.07) is 11.0. The van der Waals surface area contributed by atoms with Crippen LogP contribution in [0.3, 0.4) is 0 Å². The Labute approximate surface area is 106 Å². The lowest BCUT2D eigenvalue weighted by Gasteiger charge is -2.26. The van der Waals surface area contributed by atoms with Gasteiger partial charge in [-0.3, -0.25) is 0 Å². The normalized spacial score (nSPS) is 21.4. The van der Waals surface area contributed by atoms with E-state index in [2.05, 4.69) is 57.2 Å². The summed E-state index contributed by atoms with van der Waals surface area (Å²) in [4.78, 5) is 0. The van der Waals surface area contributed by atoms with Crippen LogP contribution in [0.1, 0.15) is 57.9 Å². The van der Waals surface area contributed by atoms with Crippen molar-refractivity contribution in [3.8, 4) is 0 Å². The van der Waals surface area contributed by atoms with Crippen LogP contribution in [-0.2, 0) is 0 Å². The van der Waals surface area contributed by atoms with Crippen molar-refractivity contribution in [1.29, 1.82) is 0 Å². The van der Waals surface area contributed by atoms with E-state index in [9.17, 15) is 0 Å². The molecule has 17 heavy (non-hydrogen) atoms. The lowest BCUT2D eigenvalue weighted by atomic mass is 9.79. The van der Waals surface area contributed by atoms with Crippen molar-refractivity contribution in [3.05, 3.63) is 47.5 Å². The zero-order chi connectivity index (χ0) is 12.3. The summed E-state index contributed by atoms with van der Waals surface area (Å²) >= 11 is 0. The molecule has 0 radical (unpaired) electrons. The molecule has 0 heterocycles. The molecule has 0 nitrogen and oxygen atoms in total. The molecule has 0 atom stereocenters. The lowest BCUT2D eigenvalue weighted by molar-refractivity contribution is 0.488. The van der Waals surface area contributed by atoms with Crippen LogP contribution >= 0.6 is 0 Å². The van der Waals surface area contributed by atoms with Gasteiger partial charge in [-0.25, -0.2) is 0 Å². The zero-order valence-corrected chi connectivity index (χ0v) is 11.4. The van der Waals surface area contributed by atoms with Gasteiger partial charge >= 0.3 is 0 Å². The molecule has 0 aromatic heterocycles. The summed E-state index contributed by atoms with van der Waals surface area (Å²) in [5.74, 6) is 0.785. The highest BCUT2D eigenvalue weighted by Crippen LogP contribution is 2.36. The number of allylic oxidation sites excluding steroid dienone is 2. The van der Waals surface area contributed by atoms with E-state index in [0.29, 0.717) is 5.41 Å². The van der Waals surface area contributed by atoms with Gasteiger partial charge in [0.1, 0.15) is 0 Å². The topological polar surface area (TPSA) is 0 Å². The van der Waals surface area contributed by atoms with Gasteiger partial charge in [-0.15, -0.1) is 0 Å². The van der Waals surface area contributed by atoms with Crippen molar-refractivity contribution in [2.75, 3.05) is 0 Å². The van der Waals surface area contributed by atoms with E-state index in [1.54, 1.807) is 5.57 Å². The highest BCUT2D eigenvalue weighted by Gasteiger charge is 2.19. The van der Waals surface area contributed by atoms with Crippen LogP contribution in [0.2, 0.25) is 0 Å². The van der Waals surface area contributed by atoms with Crippen molar-refractivity contribution >= 4 is 0 Å². The van der Waals surface area contributed by atoms with E-state index in [1.165, 1.54) is 31.2 Å². The van der Waals surface area contributed by atoms with Crippen molar-refractivity contribution in [2.45, 2.75) is 52.4 Å². The van der Waals surface area contributed by atoms with Crippen LogP contribution in [0.5, 0.6) is 0 Å². The number of rotatable bonds is 1. The molecule has 1 aliphatic carbocycles. The van der Waals surface area contributed by atoms with Gasteiger partial charge in [0.15, 0.2) is 0 Å². The molecule has 0 heteroatoms. The van der Waals surface area contributed by atoms with Crippen molar-refractivity contribution in [1.82, 2.24) is 0 Å². The van der Waals surface area contributed by atoms with Crippen LogP contribution in [-0.4, -0.2) is 0 Å². The fourth-order valence-electron chi connectivity index (χ4n) is 2.80. The summed E-state index contributed by atoms with van der Waals surface area (Å²) in [5.41, 5.74) is 3.54. The minimum absolute atomic E-state index is 0.342. The zero-order valence-electron chi connectivity index (χ0n) is 11.4. The van der Waals surface area contributed by atoms with Gasteiger partial charge in [-0.2, -0.15) is 0 Å². The van der Waals surface area contributed by atoms with Crippen LogP contribution < -0.4 is 0 Å². The number of hydrogen-bond donors (Lipinski definition) is 0. The Morgan fingerprint density at radius 3 is 2.12 bits per heavy atom. The molecule has 0 unspecified atom stereocenters. The van der Waals surface area contributed by atoms with Gasteiger partial charge in [0.25, 0.3) is 0 Å². The molecule has 0 spiro atoms. The van der Waals surface area contributed by atoms with Gasteiger partial charge in [0.2, 0.25) is 0 Å². The first-order valence-corrected chi connectivity index (χ1v) is 6.80. The second kappa shape index (κ2) is 5.08. The molecule has 1 aliphatic rings. The Hall–Kier alpha value is -1.04. The van der Waals surface area contributed by atoms with E-state index in [0.717, 1.165) is 5.92 Å². The molecule has 92 valence electrons. The first kappa shape index (κ1) is 12.4. The quantitative estimate of drug-likeness (QED) is 0.571. The van der Waals surface area contributed by atoms with Crippen molar-refractivity contribution in [3.63, 3.8) is 0 Å². The number of benzene rings is 1. The molecule has 0 N–H and O–H groups in total. The summed E-state index contributed by atoms with van der Waals surface area (Å²) in [6.45, 7) is 6.88. The van der Waals surface area contributed by atoms with Gasteiger partial charge in [0, 0.05) is 0 Å². The molecule has 0 bridgehead atoms. The monoisotopic (exact) mass is 228 g/mol. The molecule has 2 rings (SSSR count). The third-order valence-electron chi connectivity index (χ3n) is 3.54. The fourth-order valence-corrected chi connectivity index (χ4v) is 2.80. The van der Waals surface area contributed by atoms with E-state index < -0.39 is 0 Å². The second-order valence-corrected chi connectivity index (χ2v) is 6.35. The van der Waals surface area contributed by atoms with Crippen LogP contribution in [0.25, 0.3) is 0 Å². The Balaban J connectivity index is 1.97. The first-order chi connectivity index (χ1) is 8.04. The van der Waals surface area contributed by atoms with Gasteiger partial charge < -0.3 is 0 Å². The van der Waals surface area contributed by atoms with Crippen LogP contribution in [0.4, 0.5) is 0 Å². The first-order valence-electron chi connectivity index (χ1n) is 6.80. The average molecular weight is 228 g/mol. The fraction of sp³-hybridized carbons (Fsp3) is 0.529. The standard InChI is InChI=1S/C17H24/c1-17(2,3)13-14-9-11-16(12-10-14)15-7-5-4-6-8-15/h4-8,13,16H,9-12H2,1-3H3. The Morgan fingerprint density at radius 2 is 1.59 bits per heavy atom. The predicted molar refractivity (Wildman–Crippen MR) is 75.2 cm³/mol. The highest BCUT2D eigenvalue weighted by molar-refractivity contribution is 5.22. The van der Waals surface area contributed by atoms with Crippen molar-refractivity contribution in [2.24, 2.45) is 5.41 Å². The van der Waals surface area contributed by atoms with Gasteiger partial charge in [-0.05, 0) is 42.6 Å². The molecule has 1 fully saturated rings. The maximum absolute atomic E-state index is 2.48. The van der Waals surface area contributed by atoms with E-state index in [4.69, 9.17) is 0 Å². The largest absolute Gasteiger partial charge is 0.0799 e. The highest BCUT2D eigenvalue weighted by atomic mass is 14.2. The molecule has 1 aromatic rings. The minimum atomic E-state index is 0.342. The van der Waals surface area contributed by atoms with Crippen LogP contribution in [0.15, 0.2) is 42.0 Å². The van der Waals surface area contributed by atoms with Crippen LogP contribution in [0, 0.1) is 5.41 Å². The summed E-state index contributed by atoms with van der Waals surface area (Å²) < 4.78 is 0. The van der Waals surface area contributed by atoms with Crippen molar-refractivity contribution < 1.29 is 0 Å². The SMILES string of the molecule is CC(C)(C)C=C1CCC(c2ccccc2)CC1. The van der Waals surface area contributed by atoms with E-state index in [-0.39, 0.29) is 0 Å². The summed E-state index contributed by atoms with van der Waals surface area (Å²) in [7, 11) is 0. The molecule has 1 aromatic carbocycles. The third-order valence-corrected chi connectivity index (χ3v) is 3.54. The molecule has 1 saturated carbocycles. The molecular formula is C17H24. The minimum Gasteiger partial charge on any atom is -0.0799 e. The maximum Gasteiger partial charge on any atom is -0.0156 e. The smallest absolute Gasteiger partial charge is 0.0156 e. The lowest BCUT2D eigenvalue weighted by Crippen LogP contribution is -2.09. The third kappa shape index (κ3) is 3.73. The average Bonchev–Trinajstić information content (AvgIpc) is 2.29.